The van der Waals surface area contributed by atoms with E-state index in [1.54, 1.807) is 6.08 Å². The highest BCUT2D eigenvalue weighted by molar-refractivity contribution is 5.67. The molecule has 0 aromatic carbocycles. The van der Waals surface area contributed by atoms with Crippen molar-refractivity contribution in [1.82, 2.24) is 10.2 Å². The minimum Gasteiger partial charge on any atom is -0.375 e. The molecule has 62 valence electrons. The topological polar surface area (TPSA) is 39.1 Å². The minimum atomic E-state index is 0.773. The zero-order valence-corrected chi connectivity index (χ0v) is 7.09. The molecule has 0 aromatic heterocycles. The first-order chi connectivity index (χ1) is 5.22. The lowest BCUT2D eigenvalue weighted by Crippen LogP contribution is -2.25. The molecule has 2 N–H and O–H groups in total. The van der Waals surface area contributed by atoms with Crippen molar-refractivity contribution in [3.05, 3.63) is 24.6 Å². The molecule has 0 aromatic rings. The van der Waals surface area contributed by atoms with Crippen LogP contribution in [0.3, 0.4) is 0 Å². The van der Waals surface area contributed by atoms with Crippen molar-refractivity contribution in [3.63, 3.8) is 0 Å². The summed E-state index contributed by atoms with van der Waals surface area (Å²) in [5.41, 5.74) is 0. The molecule has 0 saturated carbocycles. The fourth-order valence-corrected chi connectivity index (χ4v) is 0.588. The molecule has 0 atom stereocenters. The summed E-state index contributed by atoms with van der Waals surface area (Å²) in [5, 5.41) is 9.66. The van der Waals surface area contributed by atoms with Gasteiger partial charge < -0.3 is 15.6 Å². The van der Waals surface area contributed by atoms with Crippen LogP contribution in [0.2, 0.25) is 0 Å². The SMILES string of the molecule is C=C(NC)N(C)C/C=C\C=N. The fourth-order valence-electron chi connectivity index (χ4n) is 0.588. The number of hydrogen-bond acceptors (Lipinski definition) is 3. The van der Waals surface area contributed by atoms with Crippen LogP contribution in [-0.2, 0) is 0 Å². The van der Waals surface area contributed by atoms with E-state index in [0.717, 1.165) is 12.4 Å². The number of hydrogen-bond donors (Lipinski definition) is 2. The number of nitrogens with one attached hydrogen (secondary N) is 2. The number of rotatable bonds is 5. The molecule has 0 unspecified atom stereocenters. The van der Waals surface area contributed by atoms with Crippen LogP contribution in [0.15, 0.2) is 24.6 Å². The first-order valence-corrected chi connectivity index (χ1v) is 3.45. The van der Waals surface area contributed by atoms with Crippen LogP contribution in [0.4, 0.5) is 0 Å². The summed E-state index contributed by atoms with van der Waals surface area (Å²) in [7, 11) is 3.77. The van der Waals surface area contributed by atoms with Gasteiger partial charge >= 0.3 is 0 Å². The van der Waals surface area contributed by atoms with E-state index in [1.807, 2.05) is 25.1 Å². The summed E-state index contributed by atoms with van der Waals surface area (Å²) in [6.07, 6.45) is 4.85. The zero-order chi connectivity index (χ0) is 8.69. The highest BCUT2D eigenvalue weighted by atomic mass is 15.2. The van der Waals surface area contributed by atoms with Gasteiger partial charge in [-0.2, -0.15) is 0 Å². The van der Waals surface area contributed by atoms with Gasteiger partial charge in [-0.3, -0.25) is 0 Å². The lowest BCUT2D eigenvalue weighted by Gasteiger charge is -2.18. The van der Waals surface area contributed by atoms with Crippen LogP contribution in [-0.4, -0.2) is 31.8 Å². The van der Waals surface area contributed by atoms with Crippen LogP contribution >= 0.6 is 0 Å². The minimum absolute atomic E-state index is 0.773. The molecule has 0 bridgehead atoms. The first-order valence-electron chi connectivity index (χ1n) is 3.45. The van der Waals surface area contributed by atoms with Crippen LogP contribution in [0, 0.1) is 5.41 Å². The van der Waals surface area contributed by atoms with Gasteiger partial charge in [-0.25, -0.2) is 0 Å². The van der Waals surface area contributed by atoms with Crippen LogP contribution < -0.4 is 5.32 Å². The second-order valence-electron chi connectivity index (χ2n) is 2.17. The van der Waals surface area contributed by atoms with E-state index in [4.69, 9.17) is 5.41 Å². The molecule has 0 aliphatic heterocycles. The predicted octanol–water partition coefficient (Wildman–Crippen LogP) is 0.815. The zero-order valence-electron chi connectivity index (χ0n) is 7.09. The predicted molar refractivity (Wildman–Crippen MR) is 48.8 cm³/mol. The van der Waals surface area contributed by atoms with E-state index in [0.29, 0.717) is 0 Å². The van der Waals surface area contributed by atoms with Crippen LogP contribution in [0.25, 0.3) is 0 Å². The summed E-state index contributed by atoms with van der Waals surface area (Å²) in [5.74, 6) is 0.875. The van der Waals surface area contributed by atoms with Crippen molar-refractivity contribution in [2.24, 2.45) is 0 Å². The quantitative estimate of drug-likeness (QED) is 0.574. The van der Waals surface area contributed by atoms with E-state index >= 15 is 0 Å². The van der Waals surface area contributed by atoms with E-state index in [2.05, 4.69) is 11.9 Å². The molecule has 11 heavy (non-hydrogen) atoms. The maximum absolute atomic E-state index is 6.73. The average molecular weight is 153 g/mol. The Balaban J connectivity index is 3.68. The maximum atomic E-state index is 6.73. The number of allylic oxidation sites excluding steroid dienone is 1. The Bertz CT molecular complexity index is 161. The molecule has 0 heterocycles. The Morgan fingerprint density at radius 3 is 2.82 bits per heavy atom. The van der Waals surface area contributed by atoms with E-state index < -0.39 is 0 Å². The standard InChI is InChI=1S/C8H15N3/c1-8(10-2)11(3)7-5-4-6-9/h4-6,9-10H,1,7H2,2-3H3/b5-4-,9-6?. The Hall–Kier alpha value is -1.25. The normalized spacial score (nSPS) is 9.64. The molecule has 3 heteroatoms. The summed E-state index contributed by atoms with van der Waals surface area (Å²) in [4.78, 5) is 1.96. The highest BCUT2D eigenvalue weighted by Gasteiger charge is 1.93. The van der Waals surface area contributed by atoms with Gasteiger partial charge in [-0.1, -0.05) is 12.7 Å². The molecule has 0 saturated heterocycles. The lowest BCUT2D eigenvalue weighted by molar-refractivity contribution is 0.436. The van der Waals surface area contributed by atoms with Crippen molar-refractivity contribution >= 4 is 6.21 Å². The van der Waals surface area contributed by atoms with Crippen molar-refractivity contribution < 1.29 is 0 Å². The fraction of sp³-hybridized carbons (Fsp3) is 0.375. The maximum Gasteiger partial charge on any atom is 0.0936 e. The molecule has 0 rings (SSSR count). The average Bonchev–Trinajstić information content (AvgIpc) is 2.03. The van der Waals surface area contributed by atoms with Crippen molar-refractivity contribution in [1.29, 1.82) is 5.41 Å². The van der Waals surface area contributed by atoms with E-state index in [1.165, 1.54) is 6.21 Å². The monoisotopic (exact) mass is 153 g/mol. The Kier molecular flexibility index (Phi) is 4.90. The molecular weight excluding hydrogens is 138 g/mol. The van der Waals surface area contributed by atoms with Crippen LogP contribution in [0.5, 0.6) is 0 Å². The smallest absolute Gasteiger partial charge is 0.0936 e. The van der Waals surface area contributed by atoms with Gasteiger partial charge in [-0.05, 0) is 6.08 Å². The summed E-state index contributed by atoms with van der Waals surface area (Å²) in [6, 6.07) is 0. The molecule has 0 aliphatic rings. The summed E-state index contributed by atoms with van der Waals surface area (Å²) >= 11 is 0. The third-order valence-electron chi connectivity index (χ3n) is 1.36. The Labute approximate surface area is 67.9 Å². The van der Waals surface area contributed by atoms with Gasteiger partial charge in [0.1, 0.15) is 0 Å². The van der Waals surface area contributed by atoms with E-state index in [9.17, 15) is 0 Å². The summed E-state index contributed by atoms with van der Waals surface area (Å²) in [6.45, 7) is 4.55. The number of nitrogens with zero attached hydrogens (tertiary/aromatic N) is 1. The van der Waals surface area contributed by atoms with Crippen molar-refractivity contribution in [2.75, 3.05) is 20.6 Å². The molecule has 0 spiro atoms. The van der Waals surface area contributed by atoms with Gasteiger partial charge in [0.05, 0.1) is 5.82 Å². The third-order valence-corrected chi connectivity index (χ3v) is 1.36. The third kappa shape index (κ3) is 4.19. The lowest BCUT2D eigenvalue weighted by atomic mass is 10.4. The second kappa shape index (κ2) is 5.53. The van der Waals surface area contributed by atoms with Gasteiger partial charge in [0.2, 0.25) is 0 Å². The highest BCUT2D eigenvalue weighted by Crippen LogP contribution is 1.91. The largest absolute Gasteiger partial charge is 0.375 e. The van der Waals surface area contributed by atoms with Crippen molar-refractivity contribution in [3.8, 4) is 0 Å². The van der Waals surface area contributed by atoms with Gasteiger partial charge in [0, 0.05) is 26.9 Å². The molecule has 0 amide bonds. The molecule has 3 nitrogen and oxygen atoms in total. The number of likely N-dealkylation sites (N-methyl/N-ethyl adjacent to an activating group) is 1. The molecule has 0 radical (unpaired) electrons. The van der Waals surface area contributed by atoms with Crippen LogP contribution in [0.1, 0.15) is 0 Å². The first kappa shape index (κ1) is 9.75. The van der Waals surface area contributed by atoms with Gasteiger partial charge in [0.15, 0.2) is 0 Å². The molecular formula is C8H15N3. The van der Waals surface area contributed by atoms with E-state index in [-0.39, 0.29) is 0 Å². The molecule has 0 fully saturated rings. The second-order valence-corrected chi connectivity index (χ2v) is 2.17. The molecule has 0 aliphatic carbocycles. The van der Waals surface area contributed by atoms with Crippen molar-refractivity contribution in [2.45, 2.75) is 0 Å². The Morgan fingerprint density at radius 2 is 2.36 bits per heavy atom. The Morgan fingerprint density at radius 1 is 1.73 bits per heavy atom. The van der Waals surface area contributed by atoms with Gasteiger partial charge in [-0.15, -0.1) is 0 Å². The summed E-state index contributed by atoms with van der Waals surface area (Å²) < 4.78 is 0. The van der Waals surface area contributed by atoms with Gasteiger partial charge in [0.25, 0.3) is 0 Å².